The first-order valence-electron chi connectivity index (χ1n) is 6.27. The third kappa shape index (κ3) is 3.87. The molecular weight excluding hydrogens is 208 g/mol. The van der Waals surface area contributed by atoms with E-state index in [1.807, 2.05) is 14.0 Å². The highest BCUT2D eigenvalue weighted by molar-refractivity contribution is 5.25. The average molecular weight is 230 g/mol. The van der Waals surface area contributed by atoms with Crippen molar-refractivity contribution < 1.29 is 0 Å². The van der Waals surface area contributed by atoms with Gasteiger partial charge in [0.25, 0.3) is 0 Å². The van der Waals surface area contributed by atoms with Crippen LogP contribution < -0.4 is 0 Å². The minimum atomic E-state index is -0.0377. The number of nitriles is 1. The zero-order valence-electron chi connectivity index (χ0n) is 11.3. The Morgan fingerprint density at radius 2 is 1.82 bits per heavy atom. The monoisotopic (exact) mass is 230 g/mol. The Labute approximate surface area is 105 Å². The van der Waals surface area contributed by atoms with Gasteiger partial charge in [-0.25, -0.2) is 0 Å². The Bertz CT molecular complexity index is 375. The Balaban J connectivity index is 2.66. The highest BCUT2D eigenvalue weighted by atomic mass is 15.1. The van der Waals surface area contributed by atoms with Gasteiger partial charge in [-0.2, -0.15) is 5.26 Å². The van der Waals surface area contributed by atoms with Gasteiger partial charge in [-0.1, -0.05) is 38.1 Å². The van der Waals surface area contributed by atoms with Crippen molar-refractivity contribution in [1.29, 1.82) is 5.26 Å². The molecule has 2 heteroatoms. The van der Waals surface area contributed by atoms with Crippen LogP contribution in [0, 0.1) is 11.3 Å². The molecule has 1 aromatic rings. The molecule has 1 aromatic carbocycles. The van der Waals surface area contributed by atoms with Crippen LogP contribution >= 0.6 is 0 Å². The van der Waals surface area contributed by atoms with E-state index in [4.69, 9.17) is 5.26 Å². The Morgan fingerprint density at radius 1 is 1.24 bits per heavy atom. The summed E-state index contributed by atoms with van der Waals surface area (Å²) in [7, 11) is 1.98. The maximum atomic E-state index is 8.84. The number of rotatable bonds is 5. The van der Waals surface area contributed by atoms with Crippen LogP contribution in [0.15, 0.2) is 24.3 Å². The fourth-order valence-corrected chi connectivity index (χ4v) is 1.71. The van der Waals surface area contributed by atoms with Gasteiger partial charge in [-0.15, -0.1) is 0 Å². The van der Waals surface area contributed by atoms with Gasteiger partial charge < -0.3 is 0 Å². The standard InChI is InChI=1S/C15H22N2/c1-5-12(2)15-8-6-14(7-9-15)11-17(4)13(3)10-16/h6-9,12-13H,5,11H2,1-4H3. The molecule has 0 fully saturated rings. The van der Waals surface area contributed by atoms with Crippen molar-refractivity contribution in [2.75, 3.05) is 7.05 Å². The summed E-state index contributed by atoms with van der Waals surface area (Å²) in [5.74, 6) is 0.625. The van der Waals surface area contributed by atoms with E-state index in [1.165, 1.54) is 17.5 Å². The van der Waals surface area contributed by atoms with E-state index in [0.717, 1.165) is 6.54 Å². The number of hydrogen-bond acceptors (Lipinski definition) is 2. The van der Waals surface area contributed by atoms with Crippen LogP contribution in [-0.4, -0.2) is 18.0 Å². The lowest BCUT2D eigenvalue weighted by atomic mass is 9.97. The molecule has 0 amide bonds. The molecule has 0 aliphatic rings. The summed E-state index contributed by atoms with van der Waals surface area (Å²) >= 11 is 0. The summed E-state index contributed by atoms with van der Waals surface area (Å²) in [5, 5.41) is 8.84. The van der Waals surface area contributed by atoms with Crippen molar-refractivity contribution in [1.82, 2.24) is 4.90 Å². The van der Waals surface area contributed by atoms with E-state index in [1.54, 1.807) is 0 Å². The van der Waals surface area contributed by atoms with Crippen molar-refractivity contribution in [3.63, 3.8) is 0 Å². The molecule has 0 aliphatic heterocycles. The largest absolute Gasteiger partial charge is 0.287 e. The zero-order chi connectivity index (χ0) is 12.8. The topological polar surface area (TPSA) is 27.0 Å². The molecule has 2 unspecified atom stereocenters. The molecule has 0 heterocycles. The van der Waals surface area contributed by atoms with E-state index >= 15 is 0 Å². The van der Waals surface area contributed by atoms with Gasteiger partial charge in [0.2, 0.25) is 0 Å². The molecule has 0 saturated heterocycles. The molecule has 0 saturated carbocycles. The van der Waals surface area contributed by atoms with Crippen LogP contribution in [0.4, 0.5) is 0 Å². The van der Waals surface area contributed by atoms with Crippen molar-refractivity contribution in [2.45, 2.75) is 45.7 Å². The summed E-state index contributed by atoms with van der Waals surface area (Å²) in [6.07, 6.45) is 1.17. The number of hydrogen-bond donors (Lipinski definition) is 0. The van der Waals surface area contributed by atoms with Gasteiger partial charge in [-0.05, 0) is 37.4 Å². The van der Waals surface area contributed by atoms with Gasteiger partial charge in [0.05, 0.1) is 12.1 Å². The van der Waals surface area contributed by atoms with E-state index < -0.39 is 0 Å². The first kappa shape index (κ1) is 13.7. The predicted octanol–water partition coefficient (Wildman–Crippen LogP) is 3.54. The van der Waals surface area contributed by atoms with Crippen molar-refractivity contribution in [2.24, 2.45) is 0 Å². The summed E-state index contributed by atoms with van der Waals surface area (Å²) < 4.78 is 0. The second kappa shape index (κ2) is 6.42. The molecule has 0 aliphatic carbocycles. The zero-order valence-corrected chi connectivity index (χ0v) is 11.3. The fourth-order valence-electron chi connectivity index (χ4n) is 1.71. The molecule has 2 atom stereocenters. The molecule has 2 nitrogen and oxygen atoms in total. The second-order valence-electron chi connectivity index (χ2n) is 4.77. The summed E-state index contributed by atoms with van der Waals surface area (Å²) in [5.41, 5.74) is 2.66. The van der Waals surface area contributed by atoms with Crippen molar-refractivity contribution in [3.8, 4) is 6.07 Å². The molecule has 0 bridgehead atoms. The quantitative estimate of drug-likeness (QED) is 0.773. The van der Waals surface area contributed by atoms with Crippen LogP contribution in [-0.2, 0) is 6.54 Å². The van der Waals surface area contributed by atoms with Crippen molar-refractivity contribution >= 4 is 0 Å². The van der Waals surface area contributed by atoms with E-state index in [0.29, 0.717) is 5.92 Å². The number of nitrogens with zero attached hydrogens (tertiary/aromatic N) is 2. The first-order chi connectivity index (χ1) is 8.08. The van der Waals surface area contributed by atoms with Crippen LogP contribution in [0.25, 0.3) is 0 Å². The van der Waals surface area contributed by atoms with Crippen LogP contribution in [0.1, 0.15) is 44.2 Å². The van der Waals surface area contributed by atoms with Gasteiger partial charge in [0, 0.05) is 6.54 Å². The lowest BCUT2D eigenvalue weighted by molar-refractivity contribution is 0.294. The maximum absolute atomic E-state index is 8.84. The third-order valence-corrected chi connectivity index (χ3v) is 3.44. The van der Waals surface area contributed by atoms with Crippen LogP contribution in [0.5, 0.6) is 0 Å². The summed E-state index contributed by atoms with van der Waals surface area (Å²) in [6.45, 7) is 7.21. The van der Waals surface area contributed by atoms with Gasteiger partial charge in [0.15, 0.2) is 0 Å². The molecule has 1 rings (SSSR count). The minimum Gasteiger partial charge on any atom is -0.287 e. The lowest BCUT2D eigenvalue weighted by Gasteiger charge is -2.19. The third-order valence-electron chi connectivity index (χ3n) is 3.44. The summed E-state index contributed by atoms with van der Waals surface area (Å²) in [4.78, 5) is 2.05. The van der Waals surface area contributed by atoms with Gasteiger partial charge >= 0.3 is 0 Å². The molecule has 0 aromatic heterocycles. The van der Waals surface area contributed by atoms with Gasteiger partial charge in [-0.3, -0.25) is 4.90 Å². The highest BCUT2D eigenvalue weighted by Crippen LogP contribution is 2.19. The molecule has 17 heavy (non-hydrogen) atoms. The van der Waals surface area contributed by atoms with Crippen LogP contribution in [0.2, 0.25) is 0 Å². The minimum absolute atomic E-state index is 0.0377. The molecule has 0 N–H and O–H groups in total. The molecule has 92 valence electrons. The van der Waals surface area contributed by atoms with E-state index in [-0.39, 0.29) is 6.04 Å². The molecule has 0 radical (unpaired) electrons. The number of benzene rings is 1. The van der Waals surface area contributed by atoms with Gasteiger partial charge in [0.1, 0.15) is 0 Å². The Hall–Kier alpha value is -1.33. The lowest BCUT2D eigenvalue weighted by Crippen LogP contribution is -2.26. The smallest absolute Gasteiger partial charge is 0.0949 e. The summed E-state index contributed by atoms with van der Waals surface area (Å²) in [6, 6.07) is 11.0. The fraction of sp³-hybridized carbons (Fsp3) is 0.533. The average Bonchev–Trinajstić information content (AvgIpc) is 2.37. The molecule has 0 spiro atoms. The highest BCUT2D eigenvalue weighted by Gasteiger charge is 2.08. The SMILES string of the molecule is CCC(C)c1ccc(CN(C)C(C)C#N)cc1. The second-order valence-corrected chi connectivity index (χ2v) is 4.77. The first-order valence-corrected chi connectivity index (χ1v) is 6.27. The predicted molar refractivity (Wildman–Crippen MR) is 71.7 cm³/mol. The maximum Gasteiger partial charge on any atom is 0.0949 e. The normalized spacial score (nSPS) is 14.4. The van der Waals surface area contributed by atoms with Crippen molar-refractivity contribution in [3.05, 3.63) is 35.4 Å². The Morgan fingerprint density at radius 3 is 2.29 bits per heavy atom. The molecular formula is C15H22N2. The Kier molecular flexibility index (Phi) is 5.18. The van der Waals surface area contributed by atoms with E-state index in [2.05, 4.69) is 49.1 Å². The van der Waals surface area contributed by atoms with E-state index in [9.17, 15) is 0 Å². The van der Waals surface area contributed by atoms with Crippen LogP contribution in [0.3, 0.4) is 0 Å².